The lowest BCUT2D eigenvalue weighted by molar-refractivity contribution is -0.145. The Balaban J connectivity index is 1.44. The van der Waals surface area contributed by atoms with Crippen molar-refractivity contribution in [3.63, 3.8) is 0 Å². The molecular weight excluding hydrogens is 421 g/mol. The van der Waals surface area contributed by atoms with Gasteiger partial charge in [0.05, 0.1) is 50.1 Å². The van der Waals surface area contributed by atoms with Gasteiger partial charge in [0.2, 0.25) is 0 Å². The number of aromatic nitrogens is 2. The summed E-state index contributed by atoms with van der Waals surface area (Å²) in [6.45, 7) is 2.88. The molecule has 7 heteroatoms. The van der Waals surface area contributed by atoms with Crippen molar-refractivity contribution in [2.45, 2.75) is 31.8 Å². The van der Waals surface area contributed by atoms with E-state index in [2.05, 4.69) is 4.98 Å². The summed E-state index contributed by atoms with van der Waals surface area (Å²) in [7, 11) is 1.64. The minimum atomic E-state index is -0.291. The highest BCUT2D eigenvalue weighted by atomic mass is 19.1. The Morgan fingerprint density at radius 1 is 1.18 bits per heavy atom. The number of methoxy groups -OCH3 is 1. The Labute approximate surface area is 192 Å². The number of carbonyl (C=O) groups is 1. The zero-order valence-corrected chi connectivity index (χ0v) is 18.7. The number of aryl methyl sites for hydroxylation is 1. The van der Waals surface area contributed by atoms with Gasteiger partial charge in [-0.3, -0.25) is 4.79 Å². The Hall–Kier alpha value is -3.45. The second-order valence-corrected chi connectivity index (χ2v) is 8.53. The molecule has 5 rings (SSSR count). The fourth-order valence-electron chi connectivity index (χ4n) is 4.68. The number of fused-ring (bicyclic) bond motifs is 1. The van der Waals surface area contributed by atoms with E-state index in [9.17, 15) is 9.18 Å². The normalized spacial score (nSPS) is 21.8. The van der Waals surface area contributed by atoms with E-state index in [0.29, 0.717) is 25.4 Å². The predicted molar refractivity (Wildman–Crippen MR) is 123 cm³/mol. The first-order valence-electron chi connectivity index (χ1n) is 11.1. The topological polar surface area (TPSA) is 56.6 Å². The molecule has 0 bridgehead atoms. The molecule has 170 valence electrons. The average Bonchev–Trinajstić information content (AvgIpc) is 3.27. The maximum absolute atomic E-state index is 13.5. The molecule has 2 saturated heterocycles. The van der Waals surface area contributed by atoms with Crippen LogP contribution in [0.4, 0.5) is 4.39 Å². The molecule has 0 spiro atoms. The van der Waals surface area contributed by atoms with Gasteiger partial charge in [-0.15, -0.1) is 0 Å². The summed E-state index contributed by atoms with van der Waals surface area (Å²) in [5.74, 6) is 0.427. The van der Waals surface area contributed by atoms with Gasteiger partial charge >= 0.3 is 0 Å². The van der Waals surface area contributed by atoms with Crippen LogP contribution in [0.3, 0.4) is 0 Å². The smallest absolute Gasteiger partial charge is 0.250 e. The number of carbonyl (C=O) groups excluding carboxylic acids is 1. The number of halogens is 1. The van der Waals surface area contributed by atoms with Crippen LogP contribution in [0.25, 0.3) is 11.8 Å². The maximum Gasteiger partial charge on any atom is 0.250 e. The van der Waals surface area contributed by atoms with Gasteiger partial charge in [0, 0.05) is 11.8 Å². The van der Waals surface area contributed by atoms with E-state index in [0.717, 1.165) is 34.5 Å². The van der Waals surface area contributed by atoms with Gasteiger partial charge < -0.3 is 18.9 Å². The largest absolute Gasteiger partial charge is 0.495 e. The minimum Gasteiger partial charge on any atom is -0.495 e. The van der Waals surface area contributed by atoms with Crippen molar-refractivity contribution in [2.24, 2.45) is 0 Å². The van der Waals surface area contributed by atoms with E-state index in [4.69, 9.17) is 9.47 Å². The number of benzene rings is 2. The molecule has 2 aliphatic heterocycles. The van der Waals surface area contributed by atoms with Crippen molar-refractivity contribution >= 4 is 12.0 Å². The van der Waals surface area contributed by atoms with E-state index < -0.39 is 0 Å². The third-order valence-electron chi connectivity index (χ3n) is 6.36. The first-order chi connectivity index (χ1) is 16.0. The van der Waals surface area contributed by atoms with Crippen LogP contribution in [0.15, 0.2) is 60.6 Å². The highest BCUT2D eigenvalue weighted by Crippen LogP contribution is 2.36. The van der Waals surface area contributed by atoms with Crippen LogP contribution >= 0.6 is 0 Å². The molecule has 1 amide bonds. The Morgan fingerprint density at radius 3 is 2.73 bits per heavy atom. The number of ether oxygens (including phenoxy) is 2. The van der Waals surface area contributed by atoms with Gasteiger partial charge in [0.1, 0.15) is 11.6 Å². The van der Waals surface area contributed by atoms with Crippen molar-refractivity contribution in [1.82, 2.24) is 14.5 Å². The zero-order chi connectivity index (χ0) is 22.9. The number of hydrogen-bond donors (Lipinski definition) is 0. The van der Waals surface area contributed by atoms with Gasteiger partial charge in [-0.05, 0) is 61.2 Å². The molecule has 3 heterocycles. The summed E-state index contributed by atoms with van der Waals surface area (Å²) in [6.07, 6.45) is 7.16. The molecule has 0 N–H and O–H groups in total. The molecule has 0 unspecified atom stereocenters. The average molecular weight is 448 g/mol. The molecule has 2 aromatic carbocycles. The monoisotopic (exact) mass is 447 g/mol. The molecule has 33 heavy (non-hydrogen) atoms. The second kappa shape index (κ2) is 8.83. The maximum atomic E-state index is 13.5. The predicted octanol–water partition coefficient (Wildman–Crippen LogP) is 4.47. The van der Waals surface area contributed by atoms with Crippen LogP contribution in [0, 0.1) is 12.7 Å². The van der Waals surface area contributed by atoms with Crippen molar-refractivity contribution in [3.8, 4) is 11.4 Å². The van der Waals surface area contributed by atoms with Crippen LogP contribution in [0.1, 0.15) is 35.7 Å². The highest BCUT2D eigenvalue weighted by Gasteiger charge is 2.40. The fraction of sp³-hybridized carbons (Fsp3) is 0.308. The number of rotatable bonds is 4. The Morgan fingerprint density at radius 2 is 2.00 bits per heavy atom. The Bertz CT molecular complexity index is 1200. The third-order valence-corrected chi connectivity index (χ3v) is 6.36. The molecule has 1 aromatic heterocycles. The van der Waals surface area contributed by atoms with Gasteiger partial charge in [-0.1, -0.05) is 18.2 Å². The summed E-state index contributed by atoms with van der Waals surface area (Å²) in [6, 6.07) is 12.0. The van der Waals surface area contributed by atoms with Gasteiger partial charge in [-0.2, -0.15) is 0 Å². The molecule has 0 radical (unpaired) electrons. The molecule has 0 saturated carbocycles. The standard InChI is InChI=1S/C26H26FN3O3/c1-17-13-29(16-28-17)23-10-3-18(12-25(23)32-2)11-20-6-9-22-14-33-15-24(30(22)26(20)31)19-4-7-21(27)8-5-19/h3-5,7-8,10-13,16,22,24H,6,9,14-15H2,1-2H3/b20-11+/t22-,24+/m0/s1. The van der Waals surface area contributed by atoms with Gasteiger partial charge in [-0.25, -0.2) is 9.37 Å². The molecule has 2 fully saturated rings. The summed E-state index contributed by atoms with van der Waals surface area (Å²) in [5.41, 5.74) is 4.36. The van der Waals surface area contributed by atoms with E-state index >= 15 is 0 Å². The Kier molecular flexibility index (Phi) is 5.72. The van der Waals surface area contributed by atoms with Crippen LogP contribution in [-0.4, -0.2) is 46.7 Å². The van der Waals surface area contributed by atoms with E-state index in [-0.39, 0.29) is 23.8 Å². The molecule has 2 atom stereocenters. The number of piperidine rings is 1. The van der Waals surface area contributed by atoms with Gasteiger partial charge in [0.15, 0.2) is 0 Å². The SMILES string of the molecule is COc1cc(/C=C2\CC[C@H]3COC[C@H](c4ccc(F)cc4)N3C2=O)ccc1-n1cnc(C)c1. The minimum absolute atomic E-state index is 0.0113. The van der Waals surface area contributed by atoms with Crippen molar-refractivity contribution in [2.75, 3.05) is 20.3 Å². The second-order valence-electron chi connectivity index (χ2n) is 8.53. The van der Waals surface area contributed by atoms with Crippen molar-refractivity contribution in [3.05, 3.63) is 83.2 Å². The van der Waals surface area contributed by atoms with Crippen LogP contribution in [0.5, 0.6) is 5.75 Å². The molecule has 2 aliphatic rings. The summed E-state index contributed by atoms with van der Waals surface area (Å²) < 4.78 is 26.8. The van der Waals surface area contributed by atoms with E-state index in [1.807, 2.05) is 46.9 Å². The lowest BCUT2D eigenvalue weighted by Gasteiger charge is -2.45. The van der Waals surface area contributed by atoms with Crippen molar-refractivity contribution < 1.29 is 18.7 Å². The number of amides is 1. The lowest BCUT2D eigenvalue weighted by Crippen LogP contribution is -2.53. The fourth-order valence-corrected chi connectivity index (χ4v) is 4.68. The first-order valence-corrected chi connectivity index (χ1v) is 11.1. The van der Waals surface area contributed by atoms with Crippen LogP contribution < -0.4 is 4.74 Å². The molecule has 6 nitrogen and oxygen atoms in total. The summed E-state index contributed by atoms with van der Waals surface area (Å²) >= 11 is 0. The molecule has 3 aromatic rings. The zero-order valence-electron chi connectivity index (χ0n) is 18.7. The first kappa shape index (κ1) is 21.4. The van der Waals surface area contributed by atoms with Crippen LogP contribution in [0.2, 0.25) is 0 Å². The number of morpholine rings is 1. The van der Waals surface area contributed by atoms with Gasteiger partial charge in [0.25, 0.3) is 5.91 Å². The number of nitrogens with zero attached hydrogens (tertiary/aromatic N) is 3. The van der Waals surface area contributed by atoms with Crippen LogP contribution in [-0.2, 0) is 9.53 Å². The highest BCUT2D eigenvalue weighted by molar-refractivity contribution is 5.99. The summed E-state index contributed by atoms with van der Waals surface area (Å²) in [5, 5.41) is 0. The third kappa shape index (κ3) is 4.16. The van der Waals surface area contributed by atoms with E-state index in [1.54, 1.807) is 25.6 Å². The lowest BCUT2D eigenvalue weighted by atomic mass is 9.91. The summed E-state index contributed by atoms with van der Waals surface area (Å²) in [4.78, 5) is 19.8. The number of imidazole rings is 1. The quantitative estimate of drug-likeness (QED) is 0.554. The molecule has 0 aliphatic carbocycles. The van der Waals surface area contributed by atoms with E-state index in [1.165, 1.54) is 12.1 Å². The van der Waals surface area contributed by atoms with Crippen molar-refractivity contribution in [1.29, 1.82) is 0 Å². The molecular formula is C26H26FN3O3. The number of hydrogen-bond acceptors (Lipinski definition) is 4.